The predicted molar refractivity (Wildman–Crippen MR) is 115 cm³/mol. The number of fused-ring (bicyclic) bond motifs is 2. The van der Waals surface area contributed by atoms with E-state index in [1.54, 1.807) is 18.3 Å². The van der Waals surface area contributed by atoms with Crippen molar-refractivity contribution in [2.45, 2.75) is 45.4 Å². The van der Waals surface area contributed by atoms with Crippen molar-refractivity contribution >= 4 is 27.8 Å². The molecule has 0 aliphatic heterocycles. The fraction of sp³-hybridized carbons (Fsp3) is 0.333. The Balaban J connectivity index is 1.81. The lowest BCUT2D eigenvalue weighted by Gasteiger charge is -2.42. The third-order valence-corrected chi connectivity index (χ3v) is 6.55. The van der Waals surface area contributed by atoms with Crippen LogP contribution in [0.2, 0.25) is 0 Å². The van der Waals surface area contributed by atoms with E-state index in [9.17, 15) is 14.3 Å². The summed E-state index contributed by atoms with van der Waals surface area (Å²) in [5, 5.41) is 19.0. The van der Waals surface area contributed by atoms with Crippen LogP contribution in [0.15, 0.2) is 42.6 Å². The Morgan fingerprint density at radius 1 is 1.27 bits per heavy atom. The van der Waals surface area contributed by atoms with E-state index in [0.717, 1.165) is 33.2 Å². The third kappa shape index (κ3) is 2.66. The van der Waals surface area contributed by atoms with Gasteiger partial charge in [0.15, 0.2) is 0 Å². The van der Waals surface area contributed by atoms with Gasteiger partial charge >= 0.3 is 5.97 Å². The lowest BCUT2D eigenvalue weighted by molar-refractivity contribution is -0.154. The zero-order chi connectivity index (χ0) is 21.2. The summed E-state index contributed by atoms with van der Waals surface area (Å²) in [6.07, 6.45) is 3.04. The monoisotopic (exact) mass is 405 g/mol. The van der Waals surface area contributed by atoms with E-state index in [2.05, 4.69) is 40.7 Å². The fourth-order valence-corrected chi connectivity index (χ4v) is 5.04. The lowest BCUT2D eigenvalue weighted by atomic mass is 9.60. The number of H-pyrrole nitrogens is 1. The molecule has 1 fully saturated rings. The molecule has 1 aliphatic carbocycles. The minimum Gasteiger partial charge on any atom is -0.481 e. The number of nitrogens with zero attached hydrogens (tertiary/aromatic N) is 2. The van der Waals surface area contributed by atoms with Crippen LogP contribution in [0.25, 0.3) is 27.5 Å². The van der Waals surface area contributed by atoms with Crippen molar-refractivity contribution in [2.75, 3.05) is 0 Å². The van der Waals surface area contributed by atoms with Crippen LogP contribution in [0.5, 0.6) is 0 Å². The van der Waals surface area contributed by atoms with Gasteiger partial charge in [0, 0.05) is 22.2 Å². The highest BCUT2D eigenvalue weighted by Gasteiger charge is 2.48. The summed E-state index contributed by atoms with van der Waals surface area (Å²) < 4.78 is 15.8. The first kappa shape index (κ1) is 18.9. The first-order chi connectivity index (χ1) is 14.3. The zero-order valence-corrected chi connectivity index (χ0v) is 17.2. The maximum atomic E-state index is 13.6. The van der Waals surface area contributed by atoms with Crippen LogP contribution < -0.4 is 0 Å². The zero-order valence-electron chi connectivity index (χ0n) is 17.2. The molecule has 154 valence electrons. The Morgan fingerprint density at radius 2 is 1.97 bits per heavy atom. The van der Waals surface area contributed by atoms with Crippen molar-refractivity contribution in [3.05, 3.63) is 59.7 Å². The van der Waals surface area contributed by atoms with E-state index >= 15 is 0 Å². The molecule has 0 unspecified atom stereocenters. The van der Waals surface area contributed by atoms with E-state index < -0.39 is 11.4 Å². The quantitative estimate of drug-likeness (QED) is 0.455. The van der Waals surface area contributed by atoms with Crippen LogP contribution in [0.1, 0.15) is 56.7 Å². The van der Waals surface area contributed by atoms with Gasteiger partial charge in [-0.05, 0) is 73.6 Å². The normalized spacial score (nSPS) is 21.4. The number of carbonyl (C=O) groups is 1. The Morgan fingerprint density at radius 3 is 2.60 bits per heavy atom. The standard InChI is InChI=1S/C24H24FN3O2/c1-13(2)22-21(15-10-24(3,11-15)23(29)30)18-9-19-14(12-26-27-19)8-20(18)28(22)17-6-4-16(25)5-7-17/h4-9,12-13,15H,10-11H2,1-3H3,(H,26,27)(H,29,30). The van der Waals surface area contributed by atoms with Gasteiger partial charge in [-0.15, -0.1) is 0 Å². The summed E-state index contributed by atoms with van der Waals surface area (Å²) in [7, 11) is 0. The second-order valence-electron chi connectivity index (χ2n) is 9.06. The first-order valence-corrected chi connectivity index (χ1v) is 10.3. The van der Waals surface area contributed by atoms with E-state index in [1.165, 1.54) is 17.7 Å². The van der Waals surface area contributed by atoms with E-state index in [0.29, 0.717) is 12.8 Å². The van der Waals surface area contributed by atoms with Crippen LogP contribution in [0, 0.1) is 11.2 Å². The van der Waals surface area contributed by atoms with E-state index in [-0.39, 0.29) is 17.7 Å². The van der Waals surface area contributed by atoms with Crippen molar-refractivity contribution in [1.29, 1.82) is 0 Å². The minimum atomic E-state index is -0.733. The van der Waals surface area contributed by atoms with Crippen molar-refractivity contribution in [3.8, 4) is 5.69 Å². The average molecular weight is 405 g/mol. The molecule has 0 spiro atoms. The van der Waals surface area contributed by atoms with Gasteiger partial charge in [-0.1, -0.05) is 13.8 Å². The molecule has 1 saturated carbocycles. The van der Waals surface area contributed by atoms with Crippen molar-refractivity contribution in [2.24, 2.45) is 5.41 Å². The van der Waals surface area contributed by atoms with Gasteiger partial charge in [-0.25, -0.2) is 4.39 Å². The number of carboxylic acids is 1. The van der Waals surface area contributed by atoms with Crippen LogP contribution in [0.4, 0.5) is 4.39 Å². The number of rotatable bonds is 4. The highest BCUT2D eigenvalue weighted by Crippen LogP contribution is 2.55. The Labute approximate surface area is 173 Å². The number of aromatic nitrogens is 3. The summed E-state index contributed by atoms with van der Waals surface area (Å²) in [4.78, 5) is 11.7. The van der Waals surface area contributed by atoms with Crippen LogP contribution in [0.3, 0.4) is 0 Å². The number of aromatic amines is 1. The molecule has 5 nitrogen and oxygen atoms in total. The Hall–Kier alpha value is -3.15. The summed E-state index contributed by atoms with van der Waals surface area (Å²) in [5.74, 6) is -0.614. The average Bonchev–Trinajstić information content (AvgIpc) is 3.26. The van der Waals surface area contributed by atoms with Crippen LogP contribution in [-0.2, 0) is 4.79 Å². The number of hydrogen-bond acceptors (Lipinski definition) is 2. The first-order valence-electron chi connectivity index (χ1n) is 10.3. The molecule has 5 rings (SSSR count). The van der Waals surface area contributed by atoms with Gasteiger partial charge in [0.1, 0.15) is 5.82 Å². The van der Waals surface area contributed by atoms with Gasteiger partial charge in [-0.2, -0.15) is 5.10 Å². The van der Waals surface area contributed by atoms with Gasteiger partial charge in [0.2, 0.25) is 0 Å². The second-order valence-corrected chi connectivity index (χ2v) is 9.06. The minimum absolute atomic E-state index is 0.174. The summed E-state index contributed by atoms with van der Waals surface area (Å²) in [6.45, 7) is 6.13. The number of halogens is 1. The smallest absolute Gasteiger partial charge is 0.309 e. The Kier molecular flexibility index (Phi) is 4.04. The molecule has 6 heteroatoms. The highest BCUT2D eigenvalue weighted by molar-refractivity contribution is 5.99. The van der Waals surface area contributed by atoms with Crippen LogP contribution in [-0.4, -0.2) is 25.8 Å². The lowest BCUT2D eigenvalue weighted by Crippen LogP contribution is -2.40. The second kappa shape index (κ2) is 6.42. The van der Waals surface area contributed by atoms with Crippen molar-refractivity contribution < 1.29 is 14.3 Å². The number of hydrogen-bond donors (Lipinski definition) is 2. The van der Waals surface area contributed by atoms with E-state index in [4.69, 9.17) is 0 Å². The van der Waals surface area contributed by atoms with Gasteiger partial charge in [0.25, 0.3) is 0 Å². The fourth-order valence-electron chi connectivity index (χ4n) is 5.04. The summed E-state index contributed by atoms with van der Waals surface area (Å²) in [5.41, 5.74) is 4.59. The summed E-state index contributed by atoms with van der Waals surface area (Å²) in [6, 6.07) is 10.8. The Bertz CT molecular complexity index is 1280. The molecule has 0 bridgehead atoms. The molecule has 4 aromatic rings. The highest BCUT2D eigenvalue weighted by atomic mass is 19.1. The van der Waals surface area contributed by atoms with Gasteiger partial charge < -0.3 is 9.67 Å². The molecule has 2 heterocycles. The molecule has 0 radical (unpaired) electrons. The molecule has 0 saturated heterocycles. The van der Waals surface area contributed by atoms with Gasteiger partial charge in [0.05, 0.1) is 22.6 Å². The SMILES string of the molecule is CC(C)c1c(C2CC(C)(C(=O)O)C2)c2cc3[nH]ncc3cc2n1-c1ccc(F)cc1. The topological polar surface area (TPSA) is 70.9 Å². The van der Waals surface area contributed by atoms with Crippen LogP contribution >= 0.6 is 0 Å². The van der Waals surface area contributed by atoms with E-state index in [1.807, 2.05) is 6.92 Å². The maximum Gasteiger partial charge on any atom is 0.309 e. The predicted octanol–water partition coefficient (Wildman–Crippen LogP) is 5.74. The maximum absolute atomic E-state index is 13.6. The number of carboxylic acid groups (broad SMARTS) is 1. The molecule has 0 amide bonds. The molecule has 2 N–H and O–H groups in total. The molecular formula is C24H24FN3O2. The largest absolute Gasteiger partial charge is 0.481 e. The molecule has 1 aliphatic rings. The molecule has 2 aromatic carbocycles. The summed E-state index contributed by atoms with van der Waals surface area (Å²) >= 11 is 0. The number of aliphatic carboxylic acids is 1. The third-order valence-electron chi connectivity index (χ3n) is 6.55. The number of benzene rings is 2. The molecule has 2 aromatic heterocycles. The van der Waals surface area contributed by atoms with Crippen molar-refractivity contribution in [3.63, 3.8) is 0 Å². The molecular weight excluding hydrogens is 381 g/mol. The molecule has 30 heavy (non-hydrogen) atoms. The number of nitrogens with one attached hydrogen (secondary N) is 1. The van der Waals surface area contributed by atoms with Crippen molar-refractivity contribution in [1.82, 2.24) is 14.8 Å². The van der Waals surface area contributed by atoms with Gasteiger partial charge in [-0.3, -0.25) is 9.89 Å². The molecule has 0 atom stereocenters.